The van der Waals surface area contributed by atoms with Gasteiger partial charge in [-0.3, -0.25) is 0 Å². The van der Waals surface area contributed by atoms with Crippen LogP contribution in [-0.2, 0) is 6.61 Å². The van der Waals surface area contributed by atoms with Crippen LogP contribution in [0.1, 0.15) is 5.56 Å². The minimum Gasteiger partial charge on any atom is -0.489 e. The van der Waals surface area contributed by atoms with Crippen molar-refractivity contribution in [1.29, 1.82) is 0 Å². The molecular weight excluding hydrogens is 266 g/mol. The van der Waals surface area contributed by atoms with E-state index in [1.807, 2.05) is 54.6 Å². The summed E-state index contributed by atoms with van der Waals surface area (Å²) in [6.45, 7) is 0.588. The summed E-state index contributed by atoms with van der Waals surface area (Å²) in [6.07, 6.45) is 0. The van der Waals surface area contributed by atoms with Crippen LogP contribution in [0.2, 0.25) is 0 Å². The largest absolute Gasteiger partial charge is 0.489 e. The molecule has 2 N–H and O–H groups in total. The van der Waals surface area contributed by atoms with Gasteiger partial charge < -0.3 is 10.5 Å². The summed E-state index contributed by atoms with van der Waals surface area (Å²) >= 11 is 0. The van der Waals surface area contributed by atoms with Gasteiger partial charge in [-0.2, -0.15) is 0 Å². The standard InChI is InChI=1S/C13H13NO.BrH/c14-12-6-8-13(9-7-12)15-10-11-4-2-1-3-5-11;/h1-9H,10,14H2;1H. The SMILES string of the molecule is Br.Nc1ccc(OCc2ccccc2)cc1. The third kappa shape index (κ3) is 3.59. The molecule has 2 nitrogen and oxygen atoms in total. The highest BCUT2D eigenvalue weighted by Gasteiger charge is 1.94. The Morgan fingerprint density at radius 3 is 2.12 bits per heavy atom. The number of hydrogen-bond donors (Lipinski definition) is 1. The number of hydrogen-bond acceptors (Lipinski definition) is 2. The van der Waals surface area contributed by atoms with E-state index in [-0.39, 0.29) is 17.0 Å². The molecule has 0 saturated carbocycles. The lowest BCUT2D eigenvalue weighted by Crippen LogP contribution is -1.95. The quantitative estimate of drug-likeness (QED) is 0.874. The Labute approximate surface area is 106 Å². The zero-order chi connectivity index (χ0) is 10.5. The Bertz CT molecular complexity index is 414. The third-order valence-electron chi connectivity index (χ3n) is 2.13. The number of rotatable bonds is 3. The van der Waals surface area contributed by atoms with E-state index in [2.05, 4.69) is 0 Å². The number of halogens is 1. The Hall–Kier alpha value is -1.48. The molecule has 0 aliphatic rings. The van der Waals surface area contributed by atoms with E-state index >= 15 is 0 Å². The van der Waals surface area contributed by atoms with E-state index < -0.39 is 0 Å². The fraction of sp³-hybridized carbons (Fsp3) is 0.0769. The van der Waals surface area contributed by atoms with E-state index in [4.69, 9.17) is 10.5 Å². The molecular formula is C13H14BrNO. The fourth-order valence-corrected chi connectivity index (χ4v) is 1.30. The van der Waals surface area contributed by atoms with Gasteiger partial charge in [0.05, 0.1) is 0 Å². The van der Waals surface area contributed by atoms with Crippen LogP contribution in [0.4, 0.5) is 5.69 Å². The average molecular weight is 280 g/mol. The van der Waals surface area contributed by atoms with Crippen molar-refractivity contribution >= 4 is 22.7 Å². The van der Waals surface area contributed by atoms with Gasteiger partial charge in [0, 0.05) is 5.69 Å². The van der Waals surface area contributed by atoms with Gasteiger partial charge in [0.1, 0.15) is 12.4 Å². The summed E-state index contributed by atoms with van der Waals surface area (Å²) < 4.78 is 5.59. The Morgan fingerprint density at radius 1 is 0.875 bits per heavy atom. The predicted molar refractivity (Wildman–Crippen MR) is 72.0 cm³/mol. The molecule has 2 aromatic carbocycles. The minimum absolute atomic E-state index is 0. The molecule has 2 aromatic rings. The number of ether oxygens (including phenoxy) is 1. The summed E-state index contributed by atoms with van der Waals surface area (Å²) in [7, 11) is 0. The van der Waals surface area contributed by atoms with Gasteiger partial charge in [-0.15, -0.1) is 17.0 Å². The maximum absolute atomic E-state index is 5.59. The maximum atomic E-state index is 5.59. The van der Waals surface area contributed by atoms with Crippen molar-refractivity contribution in [2.45, 2.75) is 6.61 Å². The van der Waals surface area contributed by atoms with Crippen LogP contribution in [0, 0.1) is 0 Å². The number of nitrogens with two attached hydrogens (primary N) is 1. The highest BCUT2D eigenvalue weighted by atomic mass is 79.9. The third-order valence-corrected chi connectivity index (χ3v) is 2.13. The minimum atomic E-state index is 0. The predicted octanol–water partition coefficient (Wildman–Crippen LogP) is 3.43. The first-order valence-electron chi connectivity index (χ1n) is 4.87. The van der Waals surface area contributed by atoms with Gasteiger partial charge in [-0.25, -0.2) is 0 Å². The lowest BCUT2D eigenvalue weighted by atomic mass is 10.2. The van der Waals surface area contributed by atoms with E-state index in [1.54, 1.807) is 0 Å². The smallest absolute Gasteiger partial charge is 0.119 e. The van der Waals surface area contributed by atoms with Gasteiger partial charge in [0.2, 0.25) is 0 Å². The fourth-order valence-electron chi connectivity index (χ4n) is 1.30. The maximum Gasteiger partial charge on any atom is 0.119 e. The zero-order valence-electron chi connectivity index (χ0n) is 8.80. The van der Waals surface area contributed by atoms with Crippen molar-refractivity contribution in [3.05, 3.63) is 60.2 Å². The second kappa shape index (κ2) is 6.18. The molecule has 0 atom stereocenters. The summed E-state index contributed by atoms with van der Waals surface area (Å²) in [5.74, 6) is 0.841. The lowest BCUT2D eigenvalue weighted by Gasteiger charge is -2.05. The normalized spacial score (nSPS) is 9.25. The second-order valence-electron chi connectivity index (χ2n) is 3.34. The van der Waals surface area contributed by atoms with Crippen molar-refractivity contribution in [3.8, 4) is 5.75 Å². The molecule has 0 spiro atoms. The molecule has 0 radical (unpaired) electrons. The molecule has 0 aliphatic heterocycles. The number of anilines is 1. The highest BCUT2D eigenvalue weighted by Crippen LogP contribution is 2.14. The summed E-state index contributed by atoms with van der Waals surface area (Å²) in [5.41, 5.74) is 7.49. The van der Waals surface area contributed by atoms with Crippen molar-refractivity contribution in [2.24, 2.45) is 0 Å². The van der Waals surface area contributed by atoms with Crippen LogP contribution < -0.4 is 10.5 Å². The van der Waals surface area contributed by atoms with Crippen LogP contribution in [0.25, 0.3) is 0 Å². The average Bonchev–Trinajstić information content (AvgIpc) is 2.30. The lowest BCUT2D eigenvalue weighted by molar-refractivity contribution is 0.306. The molecule has 0 unspecified atom stereocenters. The molecule has 0 saturated heterocycles. The molecule has 0 amide bonds. The molecule has 0 aromatic heterocycles. The van der Waals surface area contributed by atoms with E-state index in [1.165, 1.54) is 0 Å². The molecule has 16 heavy (non-hydrogen) atoms. The van der Waals surface area contributed by atoms with Crippen molar-refractivity contribution in [1.82, 2.24) is 0 Å². The monoisotopic (exact) mass is 279 g/mol. The first-order chi connectivity index (χ1) is 7.34. The number of benzene rings is 2. The van der Waals surface area contributed by atoms with E-state index in [9.17, 15) is 0 Å². The van der Waals surface area contributed by atoms with Crippen molar-refractivity contribution < 1.29 is 4.74 Å². The summed E-state index contributed by atoms with van der Waals surface area (Å²) in [4.78, 5) is 0. The summed E-state index contributed by atoms with van der Waals surface area (Å²) in [5, 5.41) is 0. The molecule has 0 bridgehead atoms. The Balaban J connectivity index is 0.00000128. The van der Waals surface area contributed by atoms with Crippen LogP contribution in [0.15, 0.2) is 54.6 Å². The Morgan fingerprint density at radius 2 is 1.50 bits per heavy atom. The first kappa shape index (κ1) is 12.6. The van der Waals surface area contributed by atoms with Gasteiger partial charge in [-0.1, -0.05) is 30.3 Å². The molecule has 0 fully saturated rings. The van der Waals surface area contributed by atoms with Gasteiger partial charge in [0.25, 0.3) is 0 Å². The van der Waals surface area contributed by atoms with Crippen LogP contribution in [0.3, 0.4) is 0 Å². The summed E-state index contributed by atoms with van der Waals surface area (Å²) in [6, 6.07) is 17.5. The zero-order valence-corrected chi connectivity index (χ0v) is 10.5. The van der Waals surface area contributed by atoms with Crippen LogP contribution in [-0.4, -0.2) is 0 Å². The van der Waals surface area contributed by atoms with Gasteiger partial charge in [-0.05, 0) is 29.8 Å². The number of nitrogen functional groups attached to an aromatic ring is 1. The second-order valence-corrected chi connectivity index (χ2v) is 3.34. The molecule has 0 aliphatic carbocycles. The molecule has 0 heterocycles. The highest BCUT2D eigenvalue weighted by molar-refractivity contribution is 8.93. The topological polar surface area (TPSA) is 35.2 Å². The van der Waals surface area contributed by atoms with Gasteiger partial charge >= 0.3 is 0 Å². The molecule has 84 valence electrons. The first-order valence-corrected chi connectivity index (χ1v) is 4.87. The molecule has 3 heteroatoms. The molecule has 2 rings (SSSR count). The van der Waals surface area contributed by atoms with E-state index in [0.29, 0.717) is 6.61 Å². The van der Waals surface area contributed by atoms with Crippen LogP contribution >= 0.6 is 17.0 Å². The van der Waals surface area contributed by atoms with Crippen LogP contribution in [0.5, 0.6) is 5.75 Å². The van der Waals surface area contributed by atoms with Gasteiger partial charge in [0.15, 0.2) is 0 Å². The van der Waals surface area contributed by atoms with Crippen molar-refractivity contribution in [2.75, 3.05) is 5.73 Å². The van der Waals surface area contributed by atoms with Crippen molar-refractivity contribution in [3.63, 3.8) is 0 Å². The Kier molecular flexibility index (Phi) is 4.86. The van der Waals surface area contributed by atoms with E-state index in [0.717, 1.165) is 17.0 Å².